The van der Waals surface area contributed by atoms with Gasteiger partial charge in [0.05, 0.1) is 5.92 Å². The molecular formula is C12H22N2O2. The Hall–Kier alpha value is -1.06. The van der Waals surface area contributed by atoms with Crippen molar-refractivity contribution in [2.24, 2.45) is 17.6 Å². The maximum absolute atomic E-state index is 11.8. The maximum atomic E-state index is 11.8. The highest BCUT2D eigenvalue weighted by Gasteiger charge is 2.26. The smallest absolute Gasteiger partial charge is 0.222 e. The molecule has 1 unspecified atom stereocenters. The van der Waals surface area contributed by atoms with Gasteiger partial charge in [0.25, 0.3) is 0 Å². The van der Waals surface area contributed by atoms with Crippen LogP contribution in [0.25, 0.3) is 0 Å². The van der Waals surface area contributed by atoms with Crippen molar-refractivity contribution in [1.82, 2.24) is 4.90 Å². The van der Waals surface area contributed by atoms with E-state index in [1.165, 1.54) is 0 Å². The quantitative estimate of drug-likeness (QED) is 0.781. The number of carbonyl (C=O) groups excluding carboxylic acids is 2. The average Bonchev–Trinajstić information content (AvgIpc) is 2.26. The van der Waals surface area contributed by atoms with E-state index in [0.717, 1.165) is 25.8 Å². The monoisotopic (exact) mass is 226 g/mol. The molecule has 92 valence electrons. The number of amides is 2. The van der Waals surface area contributed by atoms with Crippen LogP contribution in [0.1, 0.15) is 39.5 Å². The highest BCUT2D eigenvalue weighted by molar-refractivity contribution is 5.80. The summed E-state index contributed by atoms with van der Waals surface area (Å²) in [4.78, 5) is 24.7. The van der Waals surface area contributed by atoms with E-state index in [0.29, 0.717) is 18.9 Å². The van der Waals surface area contributed by atoms with Crippen molar-refractivity contribution < 1.29 is 9.59 Å². The number of nitrogens with zero attached hydrogens (tertiary/aromatic N) is 1. The lowest BCUT2D eigenvalue weighted by molar-refractivity contribution is -0.135. The molecule has 0 aliphatic carbocycles. The second-order valence-electron chi connectivity index (χ2n) is 5.01. The predicted octanol–water partition coefficient (Wildman–Crippen LogP) is 1.15. The number of primary amides is 1. The van der Waals surface area contributed by atoms with Crippen LogP contribution < -0.4 is 5.73 Å². The lowest BCUT2D eigenvalue weighted by Crippen LogP contribution is -2.44. The minimum Gasteiger partial charge on any atom is -0.369 e. The van der Waals surface area contributed by atoms with E-state index in [1.807, 2.05) is 0 Å². The van der Waals surface area contributed by atoms with Gasteiger partial charge in [-0.05, 0) is 25.2 Å². The molecule has 4 nitrogen and oxygen atoms in total. The van der Waals surface area contributed by atoms with Gasteiger partial charge in [-0.15, -0.1) is 0 Å². The van der Waals surface area contributed by atoms with Crippen LogP contribution in [0.15, 0.2) is 0 Å². The van der Waals surface area contributed by atoms with E-state index in [9.17, 15) is 9.59 Å². The van der Waals surface area contributed by atoms with Gasteiger partial charge in [0.1, 0.15) is 0 Å². The van der Waals surface area contributed by atoms with Crippen molar-refractivity contribution in [1.29, 1.82) is 0 Å². The number of nitrogens with two attached hydrogens (primary N) is 1. The Labute approximate surface area is 97.2 Å². The molecule has 0 saturated carbocycles. The van der Waals surface area contributed by atoms with Crippen LogP contribution >= 0.6 is 0 Å². The van der Waals surface area contributed by atoms with E-state index in [2.05, 4.69) is 13.8 Å². The first-order valence-corrected chi connectivity index (χ1v) is 6.07. The van der Waals surface area contributed by atoms with Gasteiger partial charge in [0, 0.05) is 19.5 Å². The Morgan fingerprint density at radius 3 is 2.69 bits per heavy atom. The summed E-state index contributed by atoms with van der Waals surface area (Å²) >= 11 is 0. The molecule has 1 saturated heterocycles. The number of hydrogen-bond acceptors (Lipinski definition) is 2. The minimum absolute atomic E-state index is 0.142. The molecule has 16 heavy (non-hydrogen) atoms. The highest BCUT2D eigenvalue weighted by atomic mass is 16.2. The summed E-state index contributed by atoms with van der Waals surface area (Å²) in [6, 6.07) is 0. The zero-order chi connectivity index (χ0) is 12.1. The van der Waals surface area contributed by atoms with Crippen LogP contribution in [-0.2, 0) is 9.59 Å². The third-order valence-electron chi connectivity index (χ3n) is 3.11. The Kier molecular flexibility index (Phi) is 4.77. The molecule has 1 fully saturated rings. The molecule has 2 amide bonds. The maximum Gasteiger partial charge on any atom is 0.222 e. The van der Waals surface area contributed by atoms with E-state index in [4.69, 9.17) is 5.73 Å². The summed E-state index contributed by atoms with van der Waals surface area (Å²) in [5.41, 5.74) is 5.27. The van der Waals surface area contributed by atoms with Gasteiger partial charge in [-0.25, -0.2) is 0 Å². The largest absolute Gasteiger partial charge is 0.369 e. The number of hydrogen-bond donors (Lipinski definition) is 1. The van der Waals surface area contributed by atoms with Crippen LogP contribution in [0.2, 0.25) is 0 Å². The summed E-state index contributed by atoms with van der Waals surface area (Å²) in [6.07, 6.45) is 3.21. The van der Waals surface area contributed by atoms with Crippen LogP contribution in [0.4, 0.5) is 0 Å². The number of carbonyl (C=O) groups is 2. The van der Waals surface area contributed by atoms with Crippen LogP contribution in [0.3, 0.4) is 0 Å². The fourth-order valence-corrected chi connectivity index (χ4v) is 2.01. The average molecular weight is 226 g/mol. The zero-order valence-corrected chi connectivity index (χ0v) is 10.2. The Morgan fingerprint density at radius 2 is 2.12 bits per heavy atom. The van der Waals surface area contributed by atoms with Crippen molar-refractivity contribution >= 4 is 11.8 Å². The van der Waals surface area contributed by atoms with Crippen LogP contribution in [0.5, 0.6) is 0 Å². The third kappa shape index (κ3) is 3.83. The standard InChI is InChI=1S/C12H22N2O2/c1-9(2)5-6-11(15)14-7-3-4-10(8-14)12(13)16/h9-10H,3-8H2,1-2H3,(H2,13,16). The molecule has 0 radical (unpaired) electrons. The molecule has 1 aliphatic rings. The van der Waals surface area contributed by atoms with Gasteiger partial charge in [0.15, 0.2) is 0 Å². The molecule has 0 spiro atoms. The van der Waals surface area contributed by atoms with Crippen molar-refractivity contribution in [3.05, 3.63) is 0 Å². The van der Waals surface area contributed by atoms with Crippen LogP contribution in [-0.4, -0.2) is 29.8 Å². The molecule has 0 aromatic carbocycles. The molecule has 4 heteroatoms. The van der Waals surface area contributed by atoms with Crippen molar-refractivity contribution in [3.8, 4) is 0 Å². The first-order valence-electron chi connectivity index (χ1n) is 6.07. The van der Waals surface area contributed by atoms with Gasteiger partial charge in [-0.2, -0.15) is 0 Å². The third-order valence-corrected chi connectivity index (χ3v) is 3.11. The van der Waals surface area contributed by atoms with Crippen molar-refractivity contribution in [2.45, 2.75) is 39.5 Å². The highest BCUT2D eigenvalue weighted by Crippen LogP contribution is 2.17. The predicted molar refractivity (Wildman–Crippen MR) is 62.6 cm³/mol. The number of rotatable bonds is 4. The molecule has 2 N–H and O–H groups in total. The Bertz CT molecular complexity index is 264. The first-order chi connectivity index (χ1) is 7.50. The van der Waals surface area contributed by atoms with Gasteiger partial charge in [-0.1, -0.05) is 13.8 Å². The van der Waals surface area contributed by atoms with Crippen molar-refractivity contribution in [2.75, 3.05) is 13.1 Å². The number of likely N-dealkylation sites (tertiary alicyclic amines) is 1. The topological polar surface area (TPSA) is 63.4 Å². The summed E-state index contributed by atoms with van der Waals surface area (Å²) in [6.45, 7) is 5.51. The van der Waals surface area contributed by atoms with E-state index in [-0.39, 0.29) is 17.7 Å². The summed E-state index contributed by atoms with van der Waals surface area (Å²) in [7, 11) is 0. The van der Waals surface area contributed by atoms with Gasteiger partial charge >= 0.3 is 0 Å². The number of piperidine rings is 1. The molecule has 0 aromatic heterocycles. The first kappa shape index (κ1) is 13.0. The summed E-state index contributed by atoms with van der Waals surface area (Å²) in [5.74, 6) is 0.290. The van der Waals surface area contributed by atoms with Gasteiger partial charge < -0.3 is 10.6 Å². The molecule has 1 atom stereocenters. The van der Waals surface area contributed by atoms with Gasteiger partial charge in [-0.3, -0.25) is 9.59 Å². The Balaban J connectivity index is 2.41. The van der Waals surface area contributed by atoms with E-state index < -0.39 is 0 Å². The summed E-state index contributed by atoms with van der Waals surface area (Å²) in [5, 5.41) is 0. The fourth-order valence-electron chi connectivity index (χ4n) is 2.01. The molecule has 1 aliphatic heterocycles. The second-order valence-corrected chi connectivity index (χ2v) is 5.01. The molecule has 0 aromatic rings. The Morgan fingerprint density at radius 1 is 1.44 bits per heavy atom. The summed E-state index contributed by atoms with van der Waals surface area (Å²) < 4.78 is 0. The van der Waals surface area contributed by atoms with Crippen LogP contribution in [0, 0.1) is 11.8 Å². The zero-order valence-electron chi connectivity index (χ0n) is 10.2. The fraction of sp³-hybridized carbons (Fsp3) is 0.833. The lowest BCUT2D eigenvalue weighted by Gasteiger charge is -2.31. The molecule has 1 heterocycles. The van der Waals surface area contributed by atoms with Crippen molar-refractivity contribution in [3.63, 3.8) is 0 Å². The second kappa shape index (κ2) is 5.87. The molecular weight excluding hydrogens is 204 g/mol. The van der Waals surface area contributed by atoms with Gasteiger partial charge in [0.2, 0.25) is 11.8 Å². The van der Waals surface area contributed by atoms with E-state index in [1.54, 1.807) is 4.90 Å². The molecule has 1 rings (SSSR count). The molecule has 0 bridgehead atoms. The van der Waals surface area contributed by atoms with E-state index >= 15 is 0 Å². The normalized spacial score (nSPS) is 21.2. The lowest BCUT2D eigenvalue weighted by atomic mass is 9.97. The SMILES string of the molecule is CC(C)CCC(=O)N1CCCC(C(N)=O)C1. The minimum atomic E-state index is -0.277.